The number of nitrogens with zero attached hydrogens (tertiary/aromatic N) is 3. The van der Waals surface area contributed by atoms with Crippen molar-refractivity contribution in [2.75, 3.05) is 36.4 Å². The monoisotopic (exact) mass is 390 g/mol. The maximum atomic E-state index is 12.3. The van der Waals surface area contributed by atoms with Crippen LogP contribution >= 0.6 is 0 Å². The number of anilines is 2. The lowest BCUT2D eigenvalue weighted by molar-refractivity contribution is -0.115. The van der Waals surface area contributed by atoms with Crippen molar-refractivity contribution in [2.24, 2.45) is 4.99 Å². The van der Waals surface area contributed by atoms with Crippen LogP contribution in [0.2, 0.25) is 0 Å². The predicted molar refractivity (Wildman–Crippen MR) is 121 cm³/mol. The first-order chi connectivity index (χ1) is 14.1. The van der Waals surface area contributed by atoms with E-state index in [1.807, 2.05) is 24.3 Å². The minimum Gasteiger partial charge on any atom is -0.370 e. The number of nitrogens with one attached hydrogen (secondary N) is 1. The number of carbonyl (C=O) groups excluding carboxylic acids is 1. The first-order valence-electron chi connectivity index (χ1n) is 10.6. The molecular formula is C24H30N4O. The van der Waals surface area contributed by atoms with Gasteiger partial charge in [0.1, 0.15) is 5.92 Å². The van der Waals surface area contributed by atoms with Crippen LogP contribution in [0, 0.1) is 6.92 Å². The fourth-order valence-electron chi connectivity index (χ4n) is 4.62. The quantitative estimate of drug-likeness (QED) is 0.746. The second-order valence-electron chi connectivity index (χ2n) is 7.91. The lowest BCUT2D eigenvalue weighted by atomic mass is 10.0. The molecular weight excluding hydrogens is 360 g/mol. The molecule has 0 aromatic heterocycles. The Labute approximate surface area is 173 Å². The van der Waals surface area contributed by atoms with Crippen LogP contribution in [0.15, 0.2) is 47.5 Å². The maximum absolute atomic E-state index is 12.3. The third-order valence-electron chi connectivity index (χ3n) is 6.22. The van der Waals surface area contributed by atoms with Gasteiger partial charge in [-0.05, 0) is 61.8 Å². The number of aryl methyl sites for hydroxylation is 1. The normalized spacial score (nSPS) is 21.2. The average Bonchev–Trinajstić information content (AvgIpc) is 3.32. The summed E-state index contributed by atoms with van der Waals surface area (Å²) in [5.41, 5.74) is 5.30. The number of rotatable bonds is 6. The van der Waals surface area contributed by atoms with Gasteiger partial charge in [0.25, 0.3) is 0 Å². The van der Waals surface area contributed by atoms with Crippen LogP contribution in [0.4, 0.5) is 17.1 Å². The number of aliphatic imine (C=N–C) groups is 1. The first-order valence-corrected chi connectivity index (χ1v) is 10.6. The molecule has 1 N–H and O–H groups in total. The Bertz CT molecular complexity index is 919. The maximum Gasteiger partial charge on any atom is 0.237 e. The van der Waals surface area contributed by atoms with Gasteiger partial charge in [-0.1, -0.05) is 32.0 Å². The smallest absolute Gasteiger partial charge is 0.237 e. The molecule has 5 heteroatoms. The third-order valence-corrected chi connectivity index (χ3v) is 6.22. The minimum atomic E-state index is -0.320. The number of benzene rings is 2. The molecule has 2 aliphatic rings. The molecule has 2 aromatic carbocycles. The highest BCUT2D eigenvalue weighted by molar-refractivity contribution is 6.12. The molecule has 0 saturated carbocycles. The van der Waals surface area contributed by atoms with Gasteiger partial charge in [0.05, 0.1) is 5.69 Å². The van der Waals surface area contributed by atoms with E-state index in [1.165, 1.54) is 17.7 Å². The summed E-state index contributed by atoms with van der Waals surface area (Å²) in [6.45, 7) is 11.0. The fraction of sp³-hybridized carbons (Fsp3) is 0.417. The van der Waals surface area contributed by atoms with Crippen molar-refractivity contribution in [2.45, 2.75) is 39.2 Å². The zero-order chi connectivity index (χ0) is 20.4. The summed E-state index contributed by atoms with van der Waals surface area (Å²) in [6.07, 6.45) is 2.99. The molecule has 2 aliphatic heterocycles. The van der Waals surface area contributed by atoms with Gasteiger partial charge in [-0.15, -0.1) is 0 Å². The summed E-state index contributed by atoms with van der Waals surface area (Å²) in [5.74, 6) is -0.331. The number of hydrogen-bond acceptors (Lipinski definition) is 4. The summed E-state index contributed by atoms with van der Waals surface area (Å²) in [7, 11) is 0. The number of amides is 1. The van der Waals surface area contributed by atoms with Gasteiger partial charge in [-0.3, -0.25) is 14.7 Å². The van der Waals surface area contributed by atoms with Crippen molar-refractivity contribution in [3.8, 4) is 0 Å². The van der Waals surface area contributed by atoms with Crippen molar-refractivity contribution >= 4 is 29.2 Å². The third kappa shape index (κ3) is 3.92. The molecule has 0 aliphatic carbocycles. The van der Waals surface area contributed by atoms with E-state index in [0.29, 0.717) is 6.04 Å². The lowest BCUT2D eigenvalue weighted by Gasteiger charge is -2.27. The zero-order valence-corrected chi connectivity index (χ0v) is 17.6. The fourth-order valence-corrected chi connectivity index (χ4v) is 4.62. The molecule has 2 atom stereocenters. The summed E-state index contributed by atoms with van der Waals surface area (Å²) >= 11 is 0. The van der Waals surface area contributed by atoms with Crippen LogP contribution in [0.25, 0.3) is 0 Å². The van der Waals surface area contributed by atoms with E-state index in [0.717, 1.165) is 43.1 Å². The van der Waals surface area contributed by atoms with Gasteiger partial charge in [0.2, 0.25) is 5.91 Å². The number of likely N-dealkylation sites (N-methyl/N-ethyl adjacent to an activating group) is 1. The van der Waals surface area contributed by atoms with Crippen LogP contribution < -0.4 is 10.2 Å². The predicted octanol–water partition coefficient (Wildman–Crippen LogP) is 4.35. The lowest BCUT2D eigenvalue weighted by Crippen LogP contribution is -2.37. The van der Waals surface area contributed by atoms with Gasteiger partial charge >= 0.3 is 0 Å². The van der Waals surface area contributed by atoms with Crippen molar-refractivity contribution in [1.82, 2.24) is 4.90 Å². The van der Waals surface area contributed by atoms with Crippen molar-refractivity contribution in [3.05, 3.63) is 53.6 Å². The molecule has 2 heterocycles. The highest BCUT2D eigenvalue weighted by atomic mass is 16.2. The molecule has 4 rings (SSSR count). The van der Waals surface area contributed by atoms with Gasteiger partial charge < -0.3 is 10.2 Å². The first kappa shape index (κ1) is 19.6. The van der Waals surface area contributed by atoms with E-state index in [2.05, 4.69) is 59.1 Å². The van der Waals surface area contributed by atoms with E-state index in [1.54, 1.807) is 6.21 Å². The molecule has 2 aromatic rings. The SMILES string of the molecule is CCN(CC)C1CCN(c2ccc(N=CC3C(=O)Nc4ccccc43)cc2C)C1. The van der Waals surface area contributed by atoms with E-state index in [-0.39, 0.29) is 11.8 Å². The van der Waals surface area contributed by atoms with E-state index < -0.39 is 0 Å². The molecule has 0 radical (unpaired) electrons. The summed E-state index contributed by atoms with van der Waals surface area (Å²) in [6, 6.07) is 14.8. The van der Waals surface area contributed by atoms with Crippen LogP contribution in [-0.2, 0) is 4.79 Å². The minimum absolute atomic E-state index is 0.0113. The highest BCUT2D eigenvalue weighted by Gasteiger charge is 2.29. The molecule has 1 fully saturated rings. The Balaban J connectivity index is 1.47. The van der Waals surface area contributed by atoms with Gasteiger partial charge in [0, 0.05) is 36.7 Å². The summed E-state index contributed by atoms with van der Waals surface area (Å²) < 4.78 is 0. The van der Waals surface area contributed by atoms with Crippen LogP contribution in [0.5, 0.6) is 0 Å². The van der Waals surface area contributed by atoms with E-state index in [4.69, 9.17) is 0 Å². The molecule has 0 spiro atoms. The molecule has 1 amide bonds. The molecule has 0 bridgehead atoms. The Morgan fingerprint density at radius 2 is 2.00 bits per heavy atom. The van der Waals surface area contributed by atoms with Crippen molar-refractivity contribution in [3.63, 3.8) is 0 Å². The topological polar surface area (TPSA) is 47.9 Å². The van der Waals surface area contributed by atoms with Crippen molar-refractivity contribution in [1.29, 1.82) is 0 Å². The van der Waals surface area contributed by atoms with Crippen LogP contribution in [0.1, 0.15) is 37.3 Å². The van der Waals surface area contributed by atoms with Crippen LogP contribution in [0.3, 0.4) is 0 Å². The Morgan fingerprint density at radius 3 is 2.76 bits per heavy atom. The summed E-state index contributed by atoms with van der Waals surface area (Å²) in [4.78, 5) is 21.9. The molecule has 1 saturated heterocycles. The van der Waals surface area contributed by atoms with E-state index in [9.17, 15) is 4.79 Å². The number of carbonyl (C=O) groups is 1. The van der Waals surface area contributed by atoms with Gasteiger partial charge in [-0.2, -0.15) is 0 Å². The molecule has 29 heavy (non-hydrogen) atoms. The van der Waals surface area contributed by atoms with Crippen molar-refractivity contribution < 1.29 is 4.79 Å². The second-order valence-corrected chi connectivity index (χ2v) is 7.91. The van der Waals surface area contributed by atoms with Gasteiger partial charge in [0.15, 0.2) is 0 Å². The highest BCUT2D eigenvalue weighted by Crippen LogP contribution is 2.32. The zero-order valence-electron chi connectivity index (χ0n) is 17.6. The average molecular weight is 391 g/mol. The van der Waals surface area contributed by atoms with Gasteiger partial charge in [-0.25, -0.2) is 0 Å². The molecule has 2 unspecified atom stereocenters. The summed E-state index contributed by atoms with van der Waals surface area (Å²) in [5, 5.41) is 2.92. The standard InChI is InChI=1S/C24H30N4O/c1-4-27(5-2)19-12-13-28(16-19)23-11-10-18(14-17(23)3)25-15-21-20-8-6-7-9-22(20)26-24(21)29/h6-11,14-15,19,21H,4-5,12-13,16H2,1-3H3,(H,26,29). The number of hydrogen-bond donors (Lipinski definition) is 1. The van der Waals surface area contributed by atoms with Crippen LogP contribution in [-0.4, -0.2) is 49.2 Å². The largest absolute Gasteiger partial charge is 0.370 e. The van der Waals surface area contributed by atoms with E-state index >= 15 is 0 Å². The second kappa shape index (κ2) is 8.37. The molecule has 152 valence electrons. The Morgan fingerprint density at radius 1 is 1.21 bits per heavy atom. The number of fused-ring (bicyclic) bond motifs is 1. The number of para-hydroxylation sites is 1. The molecule has 5 nitrogen and oxygen atoms in total. The Kier molecular flexibility index (Phi) is 5.67. The Hall–Kier alpha value is -2.66.